The molecular weight excluding hydrogens is 354 g/mol. The van der Waals surface area contributed by atoms with Gasteiger partial charge in [-0.3, -0.25) is 0 Å². The van der Waals surface area contributed by atoms with Gasteiger partial charge in [-0.1, -0.05) is 72.8 Å². The fourth-order valence-corrected chi connectivity index (χ4v) is 3.74. The molecule has 0 spiro atoms. The van der Waals surface area contributed by atoms with Crippen LogP contribution in [0, 0.1) is 0 Å². The van der Waals surface area contributed by atoms with Crippen LogP contribution in [0.2, 0.25) is 0 Å². The van der Waals surface area contributed by atoms with Crippen molar-refractivity contribution in [2.75, 3.05) is 17.7 Å². The van der Waals surface area contributed by atoms with Crippen molar-refractivity contribution in [2.24, 2.45) is 0 Å². The van der Waals surface area contributed by atoms with E-state index in [-0.39, 0.29) is 11.7 Å². The molecule has 0 bridgehead atoms. The summed E-state index contributed by atoms with van der Waals surface area (Å²) in [4.78, 5) is 13.3. The van der Waals surface area contributed by atoms with Crippen molar-refractivity contribution in [3.05, 3.63) is 102 Å². The van der Waals surface area contributed by atoms with Crippen LogP contribution in [0.25, 0.3) is 0 Å². The summed E-state index contributed by atoms with van der Waals surface area (Å²) in [5, 5.41) is 9.45. The van der Waals surface area contributed by atoms with Crippen LogP contribution in [-0.4, -0.2) is 29.9 Å². The number of carbonyl (C=O) groups is 1. The van der Waals surface area contributed by atoms with Crippen LogP contribution < -0.4 is 4.90 Å². The van der Waals surface area contributed by atoms with E-state index in [1.165, 1.54) is 11.1 Å². The molecule has 0 aliphatic heterocycles. The van der Waals surface area contributed by atoms with E-state index in [1.54, 1.807) is 11.9 Å². The third-order valence-corrected chi connectivity index (χ3v) is 5.15. The van der Waals surface area contributed by atoms with Crippen molar-refractivity contribution >= 4 is 24.3 Å². The Bertz CT molecular complexity index is 844. The molecule has 4 heteroatoms. The second-order valence-electron chi connectivity index (χ2n) is 6.50. The first-order valence-corrected chi connectivity index (χ1v) is 9.51. The maximum absolute atomic E-state index is 11.5. The van der Waals surface area contributed by atoms with Gasteiger partial charge in [0.05, 0.1) is 0 Å². The summed E-state index contributed by atoms with van der Waals surface area (Å²) in [5.41, 5.74) is 4.39. The lowest BCUT2D eigenvalue weighted by atomic mass is 9.85. The standard InChI is InChI=1S/C23H23NO2S/c1-24(21(16-27)23(25)26)20-14-8-13-19(15-20)22(17-9-4-2-5-10-17)18-11-6-3-7-12-18/h2-15,21-22,27H,16H2,1H3,(H,25,26)/t21-/m0/s1. The average Bonchev–Trinajstić information content (AvgIpc) is 2.70. The molecule has 27 heavy (non-hydrogen) atoms. The average molecular weight is 378 g/mol. The zero-order valence-corrected chi connectivity index (χ0v) is 16.1. The highest BCUT2D eigenvalue weighted by Gasteiger charge is 2.23. The number of rotatable bonds is 7. The van der Waals surface area contributed by atoms with Gasteiger partial charge < -0.3 is 10.0 Å². The summed E-state index contributed by atoms with van der Waals surface area (Å²) in [6.45, 7) is 0. The number of anilines is 1. The van der Waals surface area contributed by atoms with Crippen molar-refractivity contribution in [3.8, 4) is 0 Å². The molecule has 0 heterocycles. The molecule has 1 atom stereocenters. The van der Waals surface area contributed by atoms with Gasteiger partial charge in [0.1, 0.15) is 6.04 Å². The van der Waals surface area contributed by atoms with Gasteiger partial charge in [-0.15, -0.1) is 0 Å². The lowest BCUT2D eigenvalue weighted by Gasteiger charge is -2.27. The predicted octanol–water partition coefficient (Wildman–Crippen LogP) is 4.69. The van der Waals surface area contributed by atoms with Crippen molar-refractivity contribution < 1.29 is 9.90 Å². The summed E-state index contributed by atoms with van der Waals surface area (Å²) in [6.07, 6.45) is 0. The fourth-order valence-electron chi connectivity index (χ4n) is 3.34. The summed E-state index contributed by atoms with van der Waals surface area (Å²) >= 11 is 4.20. The maximum Gasteiger partial charge on any atom is 0.327 e. The number of nitrogens with zero attached hydrogens (tertiary/aromatic N) is 1. The predicted molar refractivity (Wildman–Crippen MR) is 114 cm³/mol. The van der Waals surface area contributed by atoms with Crippen molar-refractivity contribution in [1.29, 1.82) is 0 Å². The smallest absolute Gasteiger partial charge is 0.327 e. The number of aliphatic carboxylic acids is 1. The highest BCUT2D eigenvalue weighted by atomic mass is 32.1. The Kier molecular flexibility index (Phi) is 6.20. The molecule has 0 saturated heterocycles. The minimum atomic E-state index is -0.874. The van der Waals surface area contributed by atoms with Gasteiger partial charge in [0.25, 0.3) is 0 Å². The second-order valence-corrected chi connectivity index (χ2v) is 6.86. The Morgan fingerprint density at radius 3 is 1.89 bits per heavy atom. The van der Waals surface area contributed by atoms with Gasteiger partial charge in [-0.2, -0.15) is 12.6 Å². The van der Waals surface area contributed by atoms with E-state index < -0.39 is 12.0 Å². The molecule has 0 amide bonds. The molecule has 3 aromatic rings. The first kappa shape index (κ1) is 19.1. The number of benzene rings is 3. The molecule has 3 rings (SSSR count). The van der Waals surface area contributed by atoms with Gasteiger partial charge in [0.15, 0.2) is 0 Å². The normalized spacial score (nSPS) is 12.0. The molecule has 0 saturated carbocycles. The van der Waals surface area contributed by atoms with E-state index >= 15 is 0 Å². The second kappa shape index (κ2) is 8.78. The number of carboxylic acid groups (broad SMARTS) is 1. The van der Waals surface area contributed by atoms with E-state index in [9.17, 15) is 9.90 Å². The molecule has 3 nitrogen and oxygen atoms in total. The fraction of sp³-hybridized carbons (Fsp3) is 0.174. The number of hydrogen-bond donors (Lipinski definition) is 2. The number of thiol groups is 1. The van der Waals surface area contributed by atoms with Crippen LogP contribution >= 0.6 is 12.6 Å². The van der Waals surface area contributed by atoms with E-state index in [4.69, 9.17) is 0 Å². The quantitative estimate of drug-likeness (QED) is 0.464. The zero-order chi connectivity index (χ0) is 19.2. The van der Waals surface area contributed by atoms with Crippen molar-refractivity contribution in [3.63, 3.8) is 0 Å². The number of likely N-dealkylation sites (N-methyl/N-ethyl adjacent to an activating group) is 1. The van der Waals surface area contributed by atoms with E-state index in [0.29, 0.717) is 0 Å². The van der Waals surface area contributed by atoms with Gasteiger partial charge in [-0.05, 0) is 28.8 Å². The Morgan fingerprint density at radius 1 is 0.889 bits per heavy atom. The molecule has 1 N–H and O–H groups in total. The molecule has 0 aromatic heterocycles. The Balaban J connectivity index is 2.05. The molecule has 0 unspecified atom stereocenters. The maximum atomic E-state index is 11.5. The molecule has 0 fully saturated rings. The third-order valence-electron chi connectivity index (χ3n) is 4.80. The minimum Gasteiger partial charge on any atom is -0.480 e. The zero-order valence-electron chi connectivity index (χ0n) is 15.2. The SMILES string of the molecule is CN(c1cccc(C(c2ccccc2)c2ccccc2)c1)[C@@H](CS)C(=O)O. The monoisotopic (exact) mass is 377 g/mol. The van der Waals surface area contributed by atoms with E-state index in [2.05, 4.69) is 49.0 Å². The topological polar surface area (TPSA) is 40.5 Å². The lowest BCUT2D eigenvalue weighted by molar-refractivity contribution is -0.137. The highest BCUT2D eigenvalue weighted by molar-refractivity contribution is 7.80. The largest absolute Gasteiger partial charge is 0.480 e. The van der Waals surface area contributed by atoms with Gasteiger partial charge >= 0.3 is 5.97 Å². The molecule has 3 aromatic carbocycles. The van der Waals surface area contributed by atoms with Crippen LogP contribution in [0.3, 0.4) is 0 Å². The first-order valence-electron chi connectivity index (χ1n) is 8.88. The van der Waals surface area contributed by atoms with Gasteiger partial charge in [-0.25, -0.2) is 4.79 Å². The molecule has 0 radical (unpaired) electrons. The third kappa shape index (κ3) is 4.34. The Morgan fingerprint density at radius 2 is 1.41 bits per heavy atom. The van der Waals surface area contributed by atoms with Gasteiger partial charge in [0, 0.05) is 24.4 Å². The summed E-state index contributed by atoms with van der Waals surface area (Å²) < 4.78 is 0. The minimum absolute atomic E-state index is 0.0834. The van der Waals surface area contributed by atoms with Gasteiger partial charge in [0.2, 0.25) is 0 Å². The van der Waals surface area contributed by atoms with E-state index in [1.807, 2.05) is 48.5 Å². The summed E-state index contributed by atoms with van der Waals surface area (Å²) in [6, 6.07) is 28.1. The highest BCUT2D eigenvalue weighted by Crippen LogP contribution is 2.33. The van der Waals surface area contributed by atoms with E-state index in [0.717, 1.165) is 11.3 Å². The van der Waals surface area contributed by atoms with Crippen LogP contribution in [0.4, 0.5) is 5.69 Å². The number of hydrogen-bond acceptors (Lipinski definition) is 3. The Labute approximate surface area is 165 Å². The summed E-state index contributed by atoms with van der Waals surface area (Å²) in [7, 11) is 1.80. The van der Waals surface area contributed by atoms with Crippen LogP contribution in [0.5, 0.6) is 0 Å². The molecule has 0 aliphatic rings. The molecular formula is C23H23NO2S. The molecule has 0 aliphatic carbocycles. The van der Waals surface area contributed by atoms with Crippen molar-refractivity contribution in [2.45, 2.75) is 12.0 Å². The van der Waals surface area contributed by atoms with Crippen LogP contribution in [0.1, 0.15) is 22.6 Å². The first-order chi connectivity index (χ1) is 13.1. The van der Waals surface area contributed by atoms with Crippen LogP contribution in [0.15, 0.2) is 84.9 Å². The number of carboxylic acids is 1. The van der Waals surface area contributed by atoms with Crippen molar-refractivity contribution in [1.82, 2.24) is 0 Å². The van der Waals surface area contributed by atoms with Crippen LogP contribution in [-0.2, 0) is 4.79 Å². The lowest BCUT2D eigenvalue weighted by Crippen LogP contribution is -2.40. The summed E-state index contributed by atoms with van der Waals surface area (Å²) in [5.74, 6) is -0.544. The Hall–Kier alpha value is -2.72. The molecule has 138 valence electrons.